The summed E-state index contributed by atoms with van der Waals surface area (Å²) in [6.07, 6.45) is -0.317. The van der Waals surface area contributed by atoms with Gasteiger partial charge in [0.05, 0.1) is 5.02 Å². The fraction of sp³-hybridized carbons (Fsp3) is 0.556. The predicted molar refractivity (Wildman–Crippen MR) is 93.6 cm³/mol. The predicted octanol–water partition coefficient (Wildman–Crippen LogP) is 2.84. The van der Waals surface area contributed by atoms with Crippen LogP contribution in [0.2, 0.25) is 5.02 Å². The zero-order valence-corrected chi connectivity index (χ0v) is 15.7. The van der Waals surface area contributed by atoms with Crippen molar-refractivity contribution in [2.45, 2.75) is 32.4 Å². The zero-order valence-electron chi connectivity index (χ0n) is 14.9. The van der Waals surface area contributed by atoms with Crippen molar-refractivity contribution >= 4 is 23.6 Å². The molecule has 1 aliphatic heterocycles. The molecule has 26 heavy (non-hydrogen) atoms. The molecule has 8 heteroatoms. The molecule has 3 atom stereocenters. The molecule has 0 radical (unpaired) electrons. The van der Waals surface area contributed by atoms with Crippen LogP contribution in [0.3, 0.4) is 0 Å². The smallest absolute Gasteiger partial charge is 0.410 e. The lowest BCUT2D eigenvalue weighted by molar-refractivity contribution is -0.123. The number of piperidine rings is 1. The van der Waals surface area contributed by atoms with Gasteiger partial charge in [0.15, 0.2) is 6.61 Å². The summed E-state index contributed by atoms with van der Waals surface area (Å²) in [5.74, 6) is -0.125. The third kappa shape index (κ3) is 4.38. The van der Waals surface area contributed by atoms with Gasteiger partial charge < -0.3 is 19.7 Å². The molecule has 1 aromatic carbocycles. The third-order valence-corrected chi connectivity index (χ3v) is 4.74. The standard InChI is InChI=1S/C18H22ClFN2O4/c1-18(2,3)26-17(24)22-7-11-12(8-22)16(11)21-15(23)9-25-10-4-5-13(19)14(20)6-10/h4-6,11-12,16H,7-9H2,1-3H3,(H,21,23)/t11-,12+,16?. The Kier molecular flexibility index (Phi) is 5.01. The minimum atomic E-state index is -0.594. The van der Waals surface area contributed by atoms with Crippen molar-refractivity contribution in [1.82, 2.24) is 10.2 Å². The molecule has 2 aliphatic rings. The first kappa shape index (κ1) is 18.8. The highest BCUT2D eigenvalue weighted by molar-refractivity contribution is 6.30. The van der Waals surface area contributed by atoms with Crippen molar-refractivity contribution in [3.63, 3.8) is 0 Å². The molecule has 1 N–H and O–H groups in total. The van der Waals surface area contributed by atoms with E-state index >= 15 is 0 Å². The van der Waals surface area contributed by atoms with Gasteiger partial charge in [0.2, 0.25) is 0 Å². The van der Waals surface area contributed by atoms with Gasteiger partial charge in [0.25, 0.3) is 5.91 Å². The zero-order chi connectivity index (χ0) is 19.1. The fourth-order valence-electron chi connectivity index (χ4n) is 3.16. The maximum absolute atomic E-state index is 13.3. The number of benzene rings is 1. The number of likely N-dealkylation sites (tertiary alicyclic amines) is 1. The van der Waals surface area contributed by atoms with Crippen LogP contribution in [0.4, 0.5) is 9.18 Å². The number of nitrogens with one attached hydrogen (secondary N) is 1. The largest absolute Gasteiger partial charge is 0.484 e. The second-order valence-corrected chi connectivity index (χ2v) is 8.08. The third-order valence-electron chi connectivity index (χ3n) is 4.43. The van der Waals surface area contributed by atoms with E-state index in [0.29, 0.717) is 13.1 Å². The van der Waals surface area contributed by atoms with E-state index in [4.69, 9.17) is 21.1 Å². The molecule has 0 aromatic heterocycles. The van der Waals surface area contributed by atoms with E-state index in [1.165, 1.54) is 12.1 Å². The Morgan fingerprint density at radius 1 is 1.31 bits per heavy atom. The van der Waals surface area contributed by atoms with E-state index in [9.17, 15) is 14.0 Å². The van der Waals surface area contributed by atoms with Gasteiger partial charge >= 0.3 is 6.09 Å². The molecule has 142 valence electrons. The number of hydrogen-bond donors (Lipinski definition) is 1. The molecular formula is C18H22ClFN2O4. The molecule has 3 rings (SSSR count). The lowest BCUT2D eigenvalue weighted by atomic mass is 10.2. The number of fused-ring (bicyclic) bond motifs is 1. The van der Waals surface area contributed by atoms with Crippen molar-refractivity contribution in [3.05, 3.63) is 29.0 Å². The number of carbonyl (C=O) groups is 2. The number of hydrogen-bond acceptors (Lipinski definition) is 4. The summed E-state index contributed by atoms with van der Waals surface area (Å²) in [5.41, 5.74) is -0.518. The van der Waals surface area contributed by atoms with Crippen LogP contribution in [0, 0.1) is 17.7 Å². The lowest BCUT2D eigenvalue weighted by Gasteiger charge is -2.26. The maximum Gasteiger partial charge on any atom is 0.410 e. The SMILES string of the molecule is CC(C)(C)OC(=O)N1C[C@@H]2C(NC(=O)COc3ccc(Cl)c(F)c3)[C@@H]2C1. The lowest BCUT2D eigenvalue weighted by Crippen LogP contribution is -2.41. The monoisotopic (exact) mass is 384 g/mol. The summed E-state index contributed by atoms with van der Waals surface area (Å²) in [6, 6.07) is 4.07. The summed E-state index contributed by atoms with van der Waals surface area (Å²) < 4.78 is 24.0. The minimum Gasteiger partial charge on any atom is -0.484 e. The minimum absolute atomic E-state index is 0.00199. The highest BCUT2D eigenvalue weighted by Crippen LogP contribution is 2.45. The molecule has 2 amide bonds. The molecule has 1 heterocycles. The van der Waals surface area contributed by atoms with Crippen LogP contribution in [0.5, 0.6) is 5.75 Å². The molecule has 1 aliphatic carbocycles. The Hall–Kier alpha value is -2.02. The molecule has 0 bridgehead atoms. The Bertz CT molecular complexity index is 710. The van der Waals surface area contributed by atoms with Gasteiger partial charge in [-0.2, -0.15) is 0 Å². The number of carbonyl (C=O) groups excluding carboxylic acids is 2. The highest BCUT2D eigenvalue weighted by Gasteiger charge is 2.57. The van der Waals surface area contributed by atoms with Gasteiger partial charge in [-0.15, -0.1) is 0 Å². The van der Waals surface area contributed by atoms with E-state index in [1.54, 1.807) is 4.90 Å². The van der Waals surface area contributed by atoms with E-state index in [0.717, 1.165) is 6.07 Å². The normalized spacial score (nSPS) is 24.0. The second-order valence-electron chi connectivity index (χ2n) is 7.67. The quantitative estimate of drug-likeness (QED) is 0.866. The van der Waals surface area contributed by atoms with Gasteiger partial charge in [-0.1, -0.05) is 11.6 Å². The molecule has 1 unspecified atom stereocenters. The van der Waals surface area contributed by atoms with Gasteiger partial charge in [-0.05, 0) is 32.9 Å². The van der Waals surface area contributed by atoms with Crippen LogP contribution >= 0.6 is 11.6 Å². The summed E-state index contributed by atoms with van der Waals surface area (Å²) in [5, 5.41) is 2.90. The summed E-state index contributed by atoms with van der Waals surface area (Å²) in [7, 11) is 0. The molecule has 1 aromatic rings. The van der Waals surface area contributed by atoms with E-state index in [2.05, 4.69) is 5.32 Å². The average molecular weight is 385 g/mol. The van der Waals surface area contributed by atoms with E-state index < -0.39 is 11.4 Å². The van der Waals surface area contributed by atoms with Crippen LogP contribution in [-0.4, -0.2) is 48.2 Å². The first-order valence-electron chi connectivity index (χ1n) is 8.49. The fourth-order valence-corrected chi connectivity index (χ4v) is 3.28. The van der Waals surface area contributed by atoms with Gasteiger partial charge in [0, 0.05) is 37.0 Å². The first-order valence-corrected chi connectivity index (χ1v) is 8.87. The Morgan fingerprint density at radius 2 is 1.96 bits per heavy atom. The van der Waals surface area contributed by atoms with Crippen molar-refractivity contribution < 1.29 is 23.5 Å². The summed E-state index contributed by atoms with van der Waals surface area (Å²) in [4.78, 5) is 25.7. The van der Waals surface area contributed by atoms with Crippen LogP contribution in [0.1, 0.15) is 20.8 Å². The number of rotatable bonds is 4. The Balaban J connectivity index is 1.40. The number of ether oxygens (including phenoxy) is 2. The molecule has 1 saturated heterocycles. The average Bonchev–Trinajstić information content (AvgIpc) is 2.97. The molecule has 2 fully saturated rings. The van der Waals surface area contributed by atoms with Crippen molar-refractivity contribution in [3.8, 4) is 5.75 Å². The maximum atomic E-state index is 13.3. The number of halogens is 2. The Morgan fingerprint density at radius 3 is 2.54 bits per heavy atom. The van der Waals surface area contributed by atoms with Crippen molar-refractivity contribution in [1.29, 1.82) is 0 Å². The first-order chi connectivity index (χ1) is 12.1. The molecule has 6 nitrogen and oxygen atoms in total. The van der Waals surface area contributed by atoms with Crippen molar-refractivity contribution in [2.75, 3.05) is 19.7 Å². The Labute approximate surface area is 156 Å². The van der Waals surface area contributed by atoms with E-state index in [-0.39, 0.29) is 47.3 Å². The van der Waals surface area contributed by atoms with Gasteiger partial charge in [-0.25, -0.2) is 9.18 Å². The van der Waals surface area contributed by atoms with Crippen LogP contribution in [-0.2, 0) is 9.53 Å². The van der Waals surface area contributed by atoms with E-state index in [1.807, 2.05) is 20.8 Å². The van der Waals surface area contributed by atoms with Crippen LogP contribution in [0.15, 0.2) is 18.2 Å². The highest BCUT2D eigenvalue weighted by atomic mass is 35.5. The summed E-state index contributed by atoms with van der Waals surface area (Å²) >= 11 is 5.60. The topological polar surface area (TPSA) is 67.9 Å². The van der Waals surface area contributed by atoms with Crippen molar-refractivity contribution in [2.24, 2.45) is 11.8 Å². The molecule has 0 spiro atoms. The molecule has 1 saturated carbocycles. The van der Waals surface area contributed by atoms with Crippen LogP contribution < -0.4 is 10.1 Å². The number of amides is 2. The van der Waals surface area contributed by atoms with Gasteiger partial charge in [-0.3, -0.25) is 4.79 Å². The second kappa shape index (κ2) is 6.95. The molecular weight excluding hydrogens is 363 g/mol. The van der Waals surface area contributed by atoms with Crippen LogP contribution in [0.25, 0.3) is 0 Å². The van der Waals surface area contributed by atoms with Gasteiger partial charge in [0.1, 0.15) is 17.2 Å². The number of nitrogens with zero attached hydrogens (tertiary/aromatic N) is 1. The summed E-state index contributed by atoms with van der Waals surface area (Å²) in [6.45, 7) is 6.44.